The minimum Gasteiger partial charge on any atom is -0.492 e. The normalized spacial score (nSPS) is 10.6. The van der Waals surface area contributed by atoms with Gasteiger partial charge >= 0.3 is 0 Å². The first-order valence-electron chi connectivity index (χ1n) is 7.56. The van der Waals surface area contributed by atoms with E-state index in [1.54, 1.807) is 12.3 Å². The van der Waals surface area contributed by atoms with Crippen LogP contribution in [-0.2, 0) is 6.54 Å². The van der Waals surface area contributed by atoms with E-state index < -0.39 is 0 Å². The summed E-state index contributed by atoms with van der Waals surface area (Å²) in [5.41, 5.74) is 0.954. The second kappa shape index (κ2) is 9.60. The van der Waals surface area contributed by atoms with Gasteiger partial charge in [0.05, 0.1) is 18.2 Å². The largest absolute Gasteiger partial charge is 0.492 e. The molecule has 2 aromatic rings. The zero-order valence-corrected chi connectivity index (χ0v) is 14.5. The quantitative estimate of drug-likeness (QED) is 0.680. The zero-order chi connectivity index (χ0) is 16.5. The molecular formula is C17H20Cl2N2O2. The van der Waals surface area contributed by atoms with Gasteiger partial charge in [-0.1, -0.05) is 29.3 Å². The summed E-state index contributed by atoms with van der Waals surface area (Å²) in [6, 6.07) is 9.17. The summed E-state index contributed by atoms with van der Waals surface area (Å²) in [7, 11) is 0. The Balaban J connectivity index is 1.75. The second-order valence-corrected chi connectivity index (χ2v) is 5.70. The van der Waals surface area contributed by atoms with E-state index in [0.29, 0.717) is 41.4 Å². The molecule has 0 saturated heterocycles. The number of rotatable bonds is 9. The predicted molar refractivity (Wildman–Crippen MR) is 93.7 cm³/mol. The number of hydrogen-bond acceptors (Lipinski definition) is 4. The van der Waals surface area contributed by atoms with E-state index in [1.807, 2.05) is 31.2 Å². The summed E-state index contributed by atoms with van der Waals surface area (Å²) < 4.78 is 11.1. The lowest BCUT2D eigenvalue weighted by molar-refractivity contribution is 0.296. The highest BCUT2D eigenvalue weighted by atomic mass is 35.5. The van der Waals surface area contributed by atoms with Gasteiger partial charge in [-0.3, -0.25) is 0 Å². The third-order valence-electron chi connectivity index (χ3n) is 3.08. The minimum atomic E-state index is 0.537. The zero-order valence-electron chi connectivity index (χ0n) is 13.0. The Labute approximate surface area is 146 Å². The second-order valence-electron chi connectivity index (χ2n) is 4.86. The van der Waals surface area contributed by atoms with Gasteiger partial charge < -0.3 is 14.8 Å². The Morgan fingerprint density at radius 1 is 1.17 bits per heavy atom. The van der Waals surface area contributed by atoms with Crippen LogP contribution in [0, 0.1) is 0 Å². The molecule has 0 radical (unpaired) electrons. The first kappa shape index (κ1) is 17.9. The monoisotopic (exact) mass is 354 g/mol. The molecule has 23 heavy (non-hydrogen) atoms. The topological polar surface area (TPSA) is 43.4 Å². The Morgan fingerprint density at radius 2 is 2.04 bits per heavy atom. The highest BCUT2D eigenvalue weighted by molar-refractivity contribution is 6.35. The minimum absolute atomic E-state index is 0.537. The van der Waals surface area contributed by atoms with E-state index in [2.05, 4.69) is 10.3 Å². The fourth-order valence-electron chi connectivity index (χ4n) is 2.08. The number of halogens is 2. The van der Waals surface area contributed by atoms with Crippen molar-refractivity contribution in [1.82, 2.24) is 10.3 Å². The third-order valence-corrected chi connectivity index (χ3v) is 3.57. The molecule has 0 fully saturated rings. The maximum atomic E-state index is 6.18. The van der Waals surface area contributed by atoms with Gasteiger partial charge in [0.25, 0.3) is 0 Å². The van der Waals surface area contributed by atoms with Crippen LogP contribution >= 0.6 is 23.2 Å². The van der Waals surface area contributed by atoms with Crippen molar-refractivity contribution in [2.45, 2.75) is 19.9 Å². The lowest BCUT2D eigenvalue weighted by Crippen LogP contribution is -2.18. The number of benzene rings is 1. The van der Waals surface area contributed by atoms with Crippen LogP contribution in [0.4, 0.5) is 0 Å². The number of nitrogens with one attached hydrogen (secondary N) is 1. The van der Waals surface area contributed by atoms with E-state index >= 15 is 0 Å². The van der Waals surface area contributed by atoms with Crippen molar-refractivity contribution < 1.29 is 9.47 Å². The maximum Gasteiger partial charge on any atom is 0.213 e. The van der Waals surface area contributed by atoms with E-state index in [1.165, 1.54) is 0 Å². The van der Waals surface area contributed by atoms with Gasteiger partial charge in [0.2, 0.25) is 5.88 Å². The van der Waals surface area contributed by atoms with Gasteiger partial charge in [0.1, 0.15) is 5.75 Å². The van der Waals surface area contributed by atoms with Crippen LogP contribution in [0.25, 0.3) is 0 Å². The standard InChI is InChI=1S/C17H20Cl2N2O2/c1-2-22-17-13(10-14(18)11-15(17)19)12-20-7-5-9-23-16-6-3-4-8-21-16/h3-4,6,8,10-11,20H,2,5,7,9,12H2,1H3. The molecule has 0 amide bonds. The van der Waals surface area contributed by atoms with Crippen LogP contribution in [0.2, 0.25) is 10.0 Å². The smallest absolute Gasteiger partial charge is 0.213 e. The SMILES string of the molecule is CCOc1c(Cl)cc(Cl)cc1CNCCCOc1ccccn1. The Bertz CT molecular complexity index is 609. The summed E-state index contributed by atoms with van der Waals surface area (Å²) in [6.07, 6.45) is 2.58. The fraction of sp³-hybridized carbons (Fsp3) is 0.353. The first-order valence-corrected chi connectivity index (χ1v) is 8.31. The summed E-state index contributed by atoms with van der Waals surface area (Å²) in [4.78, 5) is 4.11. The van der Waals surface area contributed by atoms with E-state index in [-0.39, 0.29) is 0 Å². The van der Waals surface area contributed by atoms with Crippen molar-refractivity contribution in [2.24, 2.45) is 0 Å². The fourth-order valence-corrected chi connectivity index (χ4v) is 2.67. The summed E-state index contributed by atoms with van der Waals surface area (Å²) in [5, 5.41) is 4.49. The molecule has 124 valence electrons. The molecule has 0 spiro atoms. The third kappa shape index (κ3) is 5.90. The number of ether oxygens (including phenoxy) is 2. The van der Waals surface area contributed by atoms with Crippen molar-refractivity contribution in [3.63, 3.8) is 0 Å². The molecule has 4 nitrogen and oxygen atoms in total. The maximum absolute atomic E-state index is 6.18. The molecule has 6 heteroatoms. The van der Waals surface area contributed by atoms with Gasteiger partial charge in [-0.05, 0) is 38.1 Å². The lowest BCUT2D eigenvalue weighted by Gasteiger charge is -2.13. The molecule has 1 N–H and O–H groups in total. The van der Waals surface area contributed by atoms with Crippen LogP contribution in [0.1, 0.15) is 18.9 Å². The van der Waals surface area contributed by atoms with Gasteiger partial charge in [-0.2, -0.15) is 0 Å². The number of pyridine rings is 1. The van der Waals surface area contributed by atoms with E-state index in [9.17, 15) is 0 Å². The van der Waals surface area contributed by atoms with Crippen LogP contribution < -0.4 is 14.8 Å². The molecule has 0 aliphatic rings. The molecule has 2 rings (SSSR count). The van der Waals surface area contributed by atoms with Crippen molar-refractivity contribution in [3.05, 3.63) is 52.1 Å². The molecule has 0 aliphatic carbocycles. The van der Waals surface area contributed by atoms with E-state index in [0.717, 1.165) is 18.5 Å². The van der Waals surface area contributed by atoms with Crippen LogP contribution in [0.3, 0.4) is 0 Å². The average molecular weight is 355 g/mol. The Morgan fingerprint density at radius 3 is 2.78 bits per heavy atom. The molecule has 0 bridgehead atoms. The van der Waals surface area contributed by atoms with Gasteiger partial charge in [-0.15, -0.1) is 0 Å². The van der Waals surface area contributed by atoms with Crippen LogP contribution in [-0.4, -0.2) is 24.7 Å². The Kier molecular flexibility index (Phi) is 7.46. The summed E-state index contributed by atoms with van der Waals surface area (Å²) in [5.74, 6) is 1.34. The summed E-state index contributed by atoms with van der Waals surface area (Å²) >= 11 is 12.2. The van der Waals surface area contributed by atoms with Gasteiger partial charge in [0.15, 0.2) is 0 Å². The van der Waals surface area contributed by atoms with Gasteiger partial charge in [0, 0.05) is 29.4 Å². The highest BCUT2D eigenvalue weighted by Crippen LogP contribution is 2.32. The van der Waals surface area contributed by atoms with Gasteiger partial charge in [-0.25, -0.2) is 4.98 Å². The number of aromatic nitrogens is 1. The molecule has 1 aromatic carbocycles. The number of hydrogen-bond donors (Lipinski definition) is 1. The van der Waals surface area contributed by atoms with Crippen LogP contribution in [0.15, 0.2) is 36.5 Å². The Hall–Kier alpha value is -1.49. The molecule has 1 aromatic heterocycles. The summed E-state index contributed by atoms with van der Waals surface area (Å²) in [6.45, 7) is 4.55. The van der Waals surface area contributed by atoms with Crippen molar-refractivity contribution in [3.8, 4) is 11.6 Å². The highest BCUT2D eigenvalue weighted by Gasteiger charge is 2.10. The molecule has 0 aliphatic heterocycles. The first-order chi connectivity index (χ1) is 11.2. The molecule has 0 unspecified atom stereocenters. The van der Waals surface area contributed by atoms with Crippen molar-refractivity contribution in [1.29, 1.82) is 0 Å². The van der Waals surface area contributed by atoms with E-state index in [4.69, 9.17) is 32.7 Å². The predicted octanol–water partition coefficient (Wildman–Crippen LogP) is 4.35. The van der Waals surface area contributed by atoms with Crippen LogP contribution in [0.5, 0.6) is 11.6 Å². The number of nitrogens with zero attached hydrogens (tertiary/aromatic N) is 1. The average Bonchev–Trinajstić information content (AvgIpc) is 2.54. The molecule has 1 heterocycles. The molecule has 0 atom stereocenters. The van der Waals surface area contributed by atoms with Crippen molar-refractivity contribution in [2.75, 3.05) is 19.8 Å². The molecule has 0 saturated carbocycles. The molecular weight excluding hydrogens is 335 g/mol. The lowest BCUT2D eigenvalue weighted by atomic mass is 10.2. The van der Waals surface area contributed by atoms with Crippen molar-refractivity contribution >= 4 is 23.2 Å².